The van der Waals surface area contributed by atoms with Gasteiger partial charge in [0.2, 0.25) is 11.3 Å². The topological polar surface area (TPSA) is 93.7 Å². The van der Waals surface area contributed by atoms with Crippen molar-refractivity contribution in [3.05, 3.63) is 18.2 Å². The molecule has 2 aliphatic heterocycles. The van der Waals surface area contributed by atoms with Gasteiger partial charge in [-0.1, -0.05) is 6.07 Å². The number of benzene rings is 1. The summed E-state index contributed by atoms with van der Waals surface area (Å²) >= 11 is 0. The summed E-state index contributed by atoms with van der Waals surface area (Å²) in [5.41, 5.74) is 0.654. The molecular weight excluding hydrogens is 244 g/mol. The molecule has 7 heteroatoms. The van der Waals surface area contributed by atoms with Crippen molar-refractivity contribution in [2.24, 2.45) is 20.5 Å². The Labute approximate surface area is 110 Å². The number of aromatic hydroxyl groups is 1. The zero-order chi connectivity index (χ0) is 13.5. The van der Waals surface area contributed by atoms with E-state index in [9.17, 15) is 5.11 Å². The fraction of sp³-hybridized carbons (Fsp3) is 0.500. The van der Waals surface area contributed by atoms with Crippen molar-refractivity contribution in [3.8, 4) is 5.75 Å². The molecule has 0 fully saturated rings. The molecule has 0 radical (unpaired) electrons. The maximum absolute atomic E-state index is 10.2. The van der Waals surface area contributed by atoms with Crippen molar-refractivity contribution < 1.29 is 5.11 Å². The highest BCUT2D eigenvalue weighted by atomic mass is 16.3. The minimum absolute atomic E-state index is 0.191. The summed E-state index contributed by atoms with van der Waals surface area (Å²) in [6, 6.07) is 5.51. The van der Waals surface area contributed by atoms with E-state index in [-0.39, 0.29) is 17.1 Å². The lowest BCUT2D eigenvalue weighted by Gasteiger charge is -2.14. The number of hydrogen-bond donors (Lipinski definition) is 3. The molecule has 0 saturated carbocycles. The van der Waals surface area contributed by atoms with E-state index in [2.05, 4.69) is 31.1 Å². The van der Waals surface area contributed by atoms with Crippen molar-refractivity contribution in [1.29, 1.82) is 0 Å². The number of nitrogens with zero attached hydrogens (tertiary/aromatic N) is 4. The van der Waals surface area contributed by atoms with Gasteiger partial charge in [-0.3, -0.25) is 0 Å². The van der Waals surface area contributed by atoms with Crippen LogP contribution in [0, 0.1) is 0 Å². The van der Waals surface area contributed by atoms with Gasteiger partial charge in [0.05, 0.1) is 24.5 Å². The molecule has 0 aliphatic carbocycles. The summed E-state index contributed by atoms with van der Waals surface area (Å²) in [6.45, 7) is 5.00. The summed E-state index contributed by atoms with van der Waals surface area (Å²) in [6.07, 6.45) is 0. The smallest absolute Gasteiger partial charge is 0.205 e. The summed E-state index contributed by atoms with van der Waals surface area (Å²) in [5.74, 6) is 0.191. The van der Waals surface area contributed by atoms with Crippen LogP contribution in [0.15, 0.2) is 38.7 Å². The molecule has 2 aliphatic rings. The molecule has 0 aromatic heterocycles. The molecule has 0 unspecified atom stereocenters. The highest BCUT2D eigenvalue weighted by Crippen LogP contribution is 2.35. The second-order valence-corrected chi connectivity index (χ2v) is 5.24. The lowest BCUT2D eigenvalue weighted by Crippen LogP contribution is -2.20. The fourth-order valence-corrected chi connectivity index (χ4v) is 1.67. The molecule has 0 saturated heterocycles. The van der Waals surface area contributed by atoms with E-state index >= 15 is 0 Å². The van der Waals surface area contributed by atoms with Crippen LogP contribution in [-0.4, -0.2) is 29.5 Å². The number of nitrogens with one attached hydrogen (secondary N) is 2. The van der Waals surface area contributed by atoms with Gasteiger partial charge in [0.15, 0.2) is 5.75 Å². The normalized spacial score (nSPS) is 20.1. The summed E-state index contributed by atoms with van der Waals surface area (Å²) < 4.78 is 0. The SMILES string of the molecule is CC1(CNc2cccc(NCC3(C)N=N3)c2O)N=N1. The summed E-state index contributed by atoms with van der Waals surface area (Å²) in [7, 11) is 0. The molecule has 100 valence electrons. The molecule has 1 aromatic rings. The van der Waals surface area contributed by atoms with Crippen molar-refractivity contribution in [2.45, 2.75) is 25.2 Å². The lowest BCUT2D eigenvalue weighted by molar-refractivity contribution is 0.478. The van der Waals surface area contributed by atoms with Gasteiger partial charge in [0.1, 0.15) is 0 Å². The highest BCUT2D eigenvalue weighted by Gasteiger charge is 2.34. The average molecular weight is 260 g/mol. The van der Waals surface area contributed by atoms with Crippen LogP contribution in [0.25, 0.3) is 0 Å². The molecule has 0 bridgehead atoms. The van der Waals surface area contributed by atoms with Gasteiger partial charge in [-0.15, -0.1) is 0 Å². The highest BCUT2D eigenvalue weighted by molar-refractivity contribution is 5.70. The van der Waals surface area contributed by atoms with E-state index in [1.807, 2.05) is 32.0 Å². The first kappa shape index (κ1) is 11.9. The monoisotopic (exact) mass is 260 g/mol. The molecule has 0 amide bonds. The summed E-state index contributed by atoms with van der Waals surface area (Å²) in [4.78, 5) is 0. The van der Waals surface area contributed by atoms with Crippen molar-refractivity contribution in [1.82, 2.24) is 0 Å². The molecule has 3 rings (SSSR count). The maximum Gasteiger partial charge on any atom is 0.205 e. The van der Waals surface area contributed by atoms with Gasteiger partial charge >= 0.3 is 0 Å². The third-order valence-electron chi connectivity index (χ3n) is 3.15. The van der Waals surface area contributed by atoms with Gasteiger partial charge in [-0.05, 0) is 26.0 Å². The Balaban J connectivity index is 1.63. The Morgan fingerprint density at radius 2 is 1.37 bits per heavy atom. The van der Waals surface area contributed by atoms with Crippen molar-refractivity contribution >= 4 is 11.4 Å². The van der Waals surface area contributed by atoms with Gasteiger partial charge in [0.25, 0.3) is 0 Å². The zero-order valence-electron chi connectivity index (χ0n) is 10.9. The van der Waals surface area contributed by atoms with Gasteiger partial charge in [-0.2, -0.15) is 20.5 Å². The fourth-order valence-electron chi connectivity index (χ4n) is 1.67. The largest absolute Gasteiger partial charge is 0.504 e. The molecule has 19 heavy (non-hydrogen) atoms. The first-order valence-electron chi connectivity index (χ1n) is 6.18. The lowest BCUT2D eigenvalue weighted by atomic mass is 10.2. The molecule has 0 spiro atoms. The minimum Gasteiger partial charge on any atom is -0.504 e. The molecule has 1 aromatic carbocycles. The molecule has 3 N–H and O–H groups in total. The number of anilines is 2. The van der Waals surface area contributed by atoms with Crippen LogP contribution < -0.4 is 10.6 Å². The van der Waals surface area contributed by atoms with Gasteiger partial charge in [0, 0.05) is 0 Å². The first-order chi connectivity index (χ1) is 9.00. The predicted octanol–water partition coefficient (Wildman–Crippen LogP) is 2.58. The Morgan fingerprint density at radius 1 is 0.947 bits per heavy atom. The average Bonchev–Trinajstić information content (AvgIpc) is 3.28. The quantitative estimate of drug-likeness (QED) is 0.686. The van der Waals surface area contributed by atoms with E-state index in [0.29, 0.717) is 24.5 Å². The molecule has 7 nitrogen and oxygen atoms in total. The van der Waals surface area contributed by atoms with E-state index in [4.69, 9.17) is 0 Å². The van der Waals surface area contributed by atoms with Gasteiger partial charge in [-0.25, -0.2) is 0 Å². The van der Waals surface area contributed by atoms with Crippen LogP contribution in [0.4, 0.5) is 11.4 Å². The van der Waals surface area contributed by atoms with Crippen LogP contribution in [0.2, 0.25) is 0 Å². The molecule has 2 heterocycles. The second kappa shape index (κ2) is 3.91. The summed E-state index contributed by atoms with van der Waals surface area (Å²) in [5, 5.41) is 32.1. The van der Waals surface area contributed by atoms with Crippen molar-refractivity contribution in [2.75, 3.05) is 23.7 Å². The van der Waals surface area contributed by atoms with Crippen LogP contribution >= 0.6 is 0 Å². The van der Waals surface area contributed by atoms with Crippen molar-refractivity contribution in [3.63, 3.8) is 0 Å². The maximum atomic E-state index is 10.2. The number of rotatable bonds is 6. The third kappa shape index (κ3) is 2.64. The van der Waals surface area contributed by atoms with Crippen LogP contribution in [-0.2, 0) is 0 Å². The Morgan fingerprint density at radius 3 is 1.74 bits per heavy atom. The molecular formula is C12H16N6O. The van der Waals surface area contributed by atoms with Gasteiger partial charge < -0.3 is 15.7 Å². The Bertz CT molecular complexity index is 509. The van der Waals surface area contributed by atoms with Crippen LogP contribution in [0.3, 0.4) is 0 Å². The third-order valence-corrected chi connectivity index (χ3v) is 3.15. The van der Waals surface area contributed by atoms with Crippen LogP contribution in [0.1, 0.15) is 13.8 Å². The zero-order valence-corrected chi connectivity index (χ0v) is 10.9. The van der Waals surface area contributed by atoms with Crippen LogP contribution in [0.5, 0.6) is 5.75 Å². The predicted molar refractivity (Wildman–Crippen MR) is 71.6 cm³/mol. The Kier molecular flexibility index (Phi) is 2.44. The second-order valence-electron chi connectivity index (χ2n) is 5.24. The number of hydrogen-bond acceptors (Lipinski definition) is 7. The Hall–Kier alpha value is -2.18. The minimum atomic E-state index is -0.338. The van der Waals surface area contributed by atoms with E-state index in [0.717, 1.165) is 0 Å². The van der Waals surface area contributed by atoms with E-state index in [1.54, 1.807) is 0 Å². The first-order valence-corrected chi connectivity index (χ1v) is 6.18. The number of phenols is 1. The van der Waals surface area contributed by atoms with E-state index < -0.39 is 0 Å². The van der Waals surface area contributed by atoms with E-state index in [1.165, 1.54) is 0 Å². The standard InChI is InChI=1S/C12H16N6O/c1-11(15-16-11)6-13-8-4-3-5-9(10(8)19)14-7-12(2)17-18-12/h3-5,13-14,19H,6-7H2,1-2H3. The number of para-hydroxylation sites is 1. The number of phenolic OH excluding ortho intramolecular Hbond substituents is 1. The molecule has 0 atom stereocenters.